The summed E-state index contributed by atoms with van der Waals surface area (Å²) in [4.78, 5) is 0. The van der Waals surface area contributed by atoms with E-state index in [1.165, 1.54) is 6.26 Å². The summed E-state index contributed by atoms with van der Waals surface area (Å²) < 4.78 is 19.7. The first-order valence-corrected chi connectivity index (χ1v) is 5.34. The van der Waals surface area contributed by atoms with Gasteiger partial charge in [0.1, 0.15) is 0 Å². The van der Waals surface area contributed by atoms with Crippen LogP contribution in [0.15, 0.2) is 0 Å². The van der Waals surface area contributed by atoms with E-state index < -0.39 is 10.8 Å². The Kier molecular flexibility index (Phi) is 4.28. The lowest BCUT2D eigenvalue weighted by molar-refractivity contribution is 0.385. The van der Waals surface area contributed by atoms with Gasteiger partial charge in [0, 0.05) is 19.8 Å². The van der Waals surface area contributed by atoms with Crippen molar-refractivity contribution in [3.63, 3.8) is 0 Å². The Morgan fingerprint density at radius 3 is 2.20 bits per heavy atom. The second-order valence-electron chi connectivity index (χ2n) is 2.50. The summed E-state index contributed by atoms with van der Waals surface area (Å²) in [6.07, 6.45) is 3.54. The van der Waals surface area contributed by atoms with Gasteiger partial charge in [-0.15, -0.1) is 10.8 Å². The highest BCUT2D eigenvalue weighted by Gasteiger charge is 2.09. The predicted molar refractivity (Wildman–Crippen MR) is 46.3 cm³/mol. The molecule has 10 heavy (non-hydrogen) atoms. The molecule has 0 unspecified atom stereocenters. The van der Waals surface area contributed by atoms with Crippen LogP contribution in [0.4, 0.5) is 0 Å². The highest BCUT2D eigenvalue weighted by Crippen LogP contribution is 2.36. The van der Waals surface area contributed by atoms with Crippen LogP contribution in [-0.4, -0.2) is 33.3 Å². The fraction of sp³-hybridized carbons (Fsp3) is 1.00. The molecule has 0 heterocycles. The van der Waals surface area contributed by atoms with Crippen molar-refractivity contribution in [3.8, 4) is 0 Å². The van der Waals surface area contributed by atoms with Gasteiger partial charge in [-0.1, -0.05) is 13.3 Å². The molecule has 0 amide bonds. The molecule has 0 aliphatic heterocycles. The molecule has 0 aromatic rings. The molecule has 0 bridgehead atoms. The van der Waals surface area contributed by atoms with Gasteiger partial charge in [0.25, 0.3) is 0 Å². The second-order valence-corrected chi connectivity index (χ2v) is 4.71. The molecule has 0 radical (unpaired) electrons. The van der Waals surface area contributed by atoms with Crippen LogP contribution in [0.1, 0.15) is 19.8 Å². The molecule has 4 heteroatoms. The van der Waals surface area contributed by atoms with Crippen molar-refractivity contribution in [2.75, 3.05) is 19.8 Å². The first-order valence-electron chi connectivity index (χ1n) is 3.43. The summed E-state index contributed by atoms with van der Waals surface area (Å²) in [6, 6.07) is 0. The van der Waals surface area contributed by atoms with Gasteiger partial charge in [0.2, 0.25) is 0 Å². The van der Waals surface area contributed by atoms with E-state index >= 15 is 0 Å². The molecule has 0 aromatic heterocycles. The van der Waals surface area contributed by atoms with Crippen molar-refractivity contribution in [2.45, 2.75) is 19.8 Å². The number of hydrogen-bond acceptors (Lipinski definition) is 3. The van der Waals surface area contributed by atoms with Crippen molar-refractivity contribution >= 4 is 10.8 Å². The Morgan fingerprint density at radius 1 is 1.40 bits per heavy atom. The highest BCUT2D eigenvalue weighted by atomic mass is 32.3. The van der Waals surface area contributed by atoms with E-state index in [1.54, 1.807) is 11.4 Å². The summed E-state index contributed by atoms with van der Waals surface area (Å²) in [6.45, 7) is 2.84. The van der Waals surface area contributed by atoms with Crippen LogP contribution >= 0.6 is 10.8 Å². The lowest BCUT2D eigenvalue weighted by Crippen LogP contribution is -2.23. The van der Waals surface area contributed by atoms with Gasteiger partial charge in [-0.25, -0.2) is 4.31 Å². The van der Waals surface area contributed by atoms with E-state index in [9.17, 15) is 0 Å². The van der Waals surface area contributed by atoms with Gasteiger partial charge in [-0.05, 0) is 6.42 Å². The third-order valence-electron chi connectivity index (χ3n) is 1.42. The molecule has 3 nitrogen and oxygen atoms in total. The minimum atomic E-state index is -2.44. The first-order chi connectivity index (χ1) is 4.48. The zero-order valence-corrected chi connectivity index (χ0v) is 7.69. The SMILES string of the molecule is CCCCN(C)S(C)(O)O. The third-order valence-corrected chi connectivity index (χ3v) is 2.78. The van der Waals surface area contributed by atoms with Crippen LogP contribution < -0.4 is 0 Å². The molecular formula is C6H17NO2S. The van der Waals surface area contributed by atoms with Gasteiger partial charge in [-0.3, -0.25) is 9.11 Å². The standard InChI is InChI=1S/C6H17NO2S/c1-4-5-6-7(2)10(3,8)9/h8-9H,4-6H2,1-3H3. The molecule has 64 valence electrons. The Morgan fingerprint density at radius 2 is 1.90 bits per heavy atom. The fourth-order valence-electron chi connectivity index (χ4n) is 0.554. The molecule has 0 spiro atoms. The molecule has 0 aliphatic carbocycles. The zero-order chi connectivity index (χ0) is 8.20. The predicted octanol–water partition coefficient (Wildman–Crippen LogP) is 2.01. The van der Waals surface area contributed by atoms with Crippen LogP contribution in [-0.2, 0) is 0 Å². The Labute approximate surface area is 64.5 Å². The maximum absolute atomic E-state index is 9.08. The lowest BCUT2D eigenvalue weighted by atomic mass is 10.3. The van der Waals surface area contributed by atoms with E-state index in [0.717, 1.165) is 19.4 Å². The van der Waals surface area contributed by atoms with Crippen LogP contribution in [0.3, 0.4) is 0 Å². The van der Waals surface area contributed by atoms with Crippen molar-refractivity contribution in [2.24, 2.45) is 0 Å². The minimum Gasteiger partial charge on any atom is -0.286 e. The molecule has 0 saturated heterocycles. The van der Waals surface area contributed by atoms with Crippen molar-refractivity contribution < 1.29 is 9.11 Å². The molecule has 0 aliphatic rings. The van der Waals surface area contributed by atoms with Crippen LogP contribution in [0, 0.1) is 0 Å². The maximum Gasteiger partial charge on any atom is 0.0418 e. The molecule has 0 fully saturated rings. The second kappa shape index (κ2) is 4.18. The molecule has 0 atom stereocenters. The summed E-state index contributed by atoms with van der Waals surface area (Å²) in [5.74, 6) is 0. The molecule has 2 N–H and O–H groups in total. The Hall–Kier alpha value is 0.230. The van der Waals surface area contributed by atoms with E-state index in [-0.39, 0.29) is 0 Å². The van der Waals surface area contributed by atoms with E-state index in [2.05, 4.69) is 6.92 Å². The zero-order valence-electron chi connectivity index (χ0n) is 6.87. The normalized spacial score (nSPS) is 14.2. The topological polar surface area (TPSA) is 43.7 Å². The summed E-state index contributed by atoms with van der Waals surface area (Å²) >= 11 is 0. The highest BCUT2D eigenvalue weighted by molar-refractivity contribution is 8.21. The molecular weight excluding hydrogens is 150 g/mol. The summed E-state index contributed by atoms with van der Waals surface area (Å²) in [7, 11) is -0.715. The van der Waals surface area contributed by atoms with E-state index in [0.29, 0.717) is 0 Å². The van der Waals surface area contributed by atoms with Gasteiger partial charge >= 0.3 is 0 Å². The maximum atomic E-state index is 9.08. The van der Waals surface area contributed by atoms with Gasteiger partial charge in [0.05, 0.1) is 0 Å². The van der Waals surface area contributed by atoms with E-state index in [4.69, 9.17) is 9.11 Å². The number of unbranched alkanes of at least 4 members (excludes halogenated alkanes) is 1. The number of hydrogen-bond donors (Lipinski definition) is 2. The Balaban J connectivity index is 3.52. The minimum absolute atomic E-state index is 0.759. The fourth-order valence-corrected chi connectivity index (χ4v) is 1.03. The van der Waals surface area contributed by atoms with Crippen molar-refractivity contribution in [1.29, 1.82) is 0 Å². The molecule has 0 rings (SSSR count). The van der Waals surface area contributed by atoms with Crippen molar-refractivity contribution in [1.82, 2.24) is 4.31 Å². The smallest absolute Gasteiger partial charge is 0.0418 e. The van der Waals surface area contributed by atoms with Crippen LogP contribution in [0.25, 0.3) is 0 Å². The molecule has 0 aromatic carbocycles. The third kappa shape index (κ3) is 4.11. The largest absolute Gasteiger partial charge is 0.286 e. The Bertz CT molecular complexity index is 92.2. The summed E-state index contributed by atoms with van der Waals surface area (Å²) in [5.41, 5.74) is 0. The quantitative estimate of drug-likeness (QED) is 0.673. The first kappa shape index (κ1) is 10.2. The van der Waals surface area contributed by atoms with Gasteiger partial charge in [-0.2, -0.15) is 0 Å². The van der Waals surface area contributed by atoms with Gasteiger partial charge < -0.3 is 0 Å². The lowest BCUT2D eigenvalue weighted by Gasteiger charge is -2.36. The summed E-state index contributed by atoms with van der Waals surface area (Å²) in [5, 5.41) is 0. The average molecular weight is 167 g/mol. The number of rotatable bonds is 4. The average Bonchev–Trinajstić information content (AvgIpc) is 1.80. The van der Waals surface area contributed by atoms with Crippen LogP contribution in [0.5, 0.6) is 0 Å². The molecule has 0 saturated carbocycles. The monoisotopic (exact) mass is 167 g/mol. The van der Waals surface area contributed by atoms with Crippen molar-refractivity contribution in [3.05, 3.63) is 0 Å². The van der Waals surface area contributed by atoms with Crippen LogP contribution in [0.2, 0.25) is 0 Å². The number of nitrogens with zero attached hydrogens (tertiary/aromatic N) is 1. The van der Waals surface area contributed by atoms with E-state index in [1.807, 2.05) is 0 Å². The van der Waals surface area contributed by atoms with Gasteiger partial charge in [0.15, 0.2) is 0 Å².